The minimum Gasteiger partial charge on any atom is -0.459 e. The summed E-state index contributed by atoms with van der Waals surface area (Å²) in [6.07, 6.45) is 6.48. The Hall–Kier alpha value is -3.22. The molecule has 0 saturated carbocycles. The molecule has 7 heteroatoms. The van der Waals surface area contributed by atoms with Gasteiger partial charge in [0.25, 0.3) is 0 Å². The van der Waals surface area contributed by atoms with Crippen LogP contribution in [0.15, 0.2) is 43.1 Å². The number of hydrogen-bond donors (Lipinski definition) is 1. The molecule has 0 atom stereocenters. The van der Waals surface area contributed by atoms with Crippen molar-refractivity contribution in [2.45, 2.75) is 39.8 Å². The van der Waals surface area contributed by atoms with Crippen molar-refractivity contribution in [3.8, 4) is 0 Å². The van der Waals surface area contributed by atoms with Gasteiger partial charge in [-0.15, -0.1) is 0 Å². The number of hydrogen-bond acceptors (Lipinski definition) is 6. The highest BCUT2D eigenvalue weighted by molar-refractivity contribution is 6.08. The first-order chi connectivity index (χ1) is 12.7. The van der Waals surface area contributed by atoms with Gasteiger partial charge in [-0.25, -0.2) is 9.97 Å². The van der Waals surface area contributed by atoms with E-state index in [1.165, 1.54) is 13.3 Å². The van der Waals surface area contributed by atoms with Crippen molar-refractivity contribution in [3.63, 3.8) is 0 Å². The monoisotopic (exact) mass is 366 g/mol. The van der Waals surface area contributed by atoms with E-state index in [9.17, 15) is 9.59 Å². The molecule has 1 aromatic carbocycles. The molecule has 0 fully saturated rings. The molecule has 0 spiro atoms. The van der Waals surface area contributed by atoms with Gasteiger partial charge in [0.1, 0.15) is 18.5 Å². The Morgan fingerprint density at radius 2 is 1.85 bits per heavy atom. The van der Waals surface area contributed by atoms with Gasteiger partial charge < -0.3 is 14.6 Å². The number of carbonyl (C=O) groups excluding carboxylic acids is 2. The van der Waals surface area contributed by atoms with Crippen molar-refractivity contribution in [2.24, 2.45) is 0 Å². The van der Waals surface area contributed by atoms with Crippen molar-refractivity contribution >= 4 is 34.0 Å². The van der Waals surface area contributed by atoms with Gasteiger partial charge in [0.2, 0.25) is 0 Å². The molecule has 3 rings (SSSR count). The highest BCUT2D eigenvalue weighted by Crippen LogP contribution is 2.27. The van der Waals surface area contributed by atoms with Gasteiger partial charge in [-0.1, -0.05) is 0 Å². The van der Waals surface area contributed by atoms with Gasteiger partial charge in [0.05, 0.1) is 18.1 Å². The maximum absolute atomic E-state index is 12.2. The largest absolute Gasteiger partial charge is 0.459 e. The molecule has 1 N–H and O–H groups in total. The van der Waals surface area contributed by atoms with Crippen LogP contribution < -0.4 is 5.32 Å². The Morgan fingerprint density at radius 1 is 1.15 bits per heavy atom. The zero-order valence-corrected chi connectivity index (χ0v) is 15.8. The second-order valence-corrected chi connectivity index (χ2v) is 7.30. The summed E-state index contributed by atoms with van der Waals surface area (Å²) in [7, 11) is 0. The summed E-state index contributed by atoms with van der Waals surface area (Å²) in [5, 5.41) is 3.98. The summed E-state index contributed by atoms with van der Waals surface area (Å²) in [4.78, 5) is 32.2. The molecule has 2 aromatic heterocycles. The van der Waals surface area contributed by atoms with Crippen molar-refractivity contribution in [1.82, 2.24) is 14.5 Å². The van der Waals surface area contributed by atoms with Gasteiger partial charge in [-0.05, 0) is 45.9 Å². The van der Waals surface area contributed by atoms with Crippen LogP contribution in [-0.2, 0) is 16.1 Å². The fourth-order valence-corrected chi connectivity index (χ4v) is 2.83. The summed E-state index contributed by atoms with van der Waals surface area (Å²) in [5.74, 6) is -0.415. The van der Waals surface area contributed by atoms with E-state index < -0.39 is 5.60 Å². The Labute approximate surface area is 157 Å². The van der Waals surface area contributed by atoms with E-state index in [-0.39, 0.29) is 18.3 Å². The van der Waals surface area contributed by atoms with Crippen LogP contribution in [0.5, 0.6) is 0 Å². The van der Waals surface area contributed by atoms with Gasteiger partial charge >= 0.3 is 5.97 Å². The normalized spacial score (nSPS) is 11.4. The molecule has 0 aliphatic heterocycles. The van der Waals surface area contributed by atoms with Crippen molar-refractivity contribution in [1.29, 1.82) is 0 Å². The number of rotatable bonds is 5. The minimum atomic E-state index is -0.557. The molecular weight excluding hydrogens is 344 g/mol. The average molecular weight is 366 g/mol. The number of carbonyl (C=O) groups is 2. The van der Waals surface area contributed by atoms with Crippen LogP contribution in [-0.4, -0.2) is 31.9 Å². The second-order valence-electron chi connectivity index (χ2n) is 7.30. The number of benzene rings is 1. The average Bonchev–Trinajstić information content (AvgIpc) is 2.92. The second kappa shape index (κ2) is 7.19. The first-order valence-corrected chi connectivity index (χ1v) is 8.60. The molecule has 0 unspecified atom stereocenters. The number of ketones is 1. The van der Waals surface area contributed by atoms with Crippen LogP contribution >= 0.6 is 0 Å². The van der Waals surface area contributed by atoms with Gasteiger partial charge in [-0.2, -0.15) is 0 Å². The maximum Gasteiger partial charge on any atom is 0.326 e. The van der Waals surface area contributed by atoms with Crippen molar-refractivity contribution in [2.75, 3.05) is 5.32 Å². The third kappa shape index (κ3) is 4.49. The summed E-state index contributed by atoms with van der Waals surface area (Å²) in [5.41, 5.74) is 2.34. The first-order valence-electron chi connectivity index (χ1n) is 8.60. The number of aromatic nitrogens is 3. The SMILES string of the molecule is CC(=O)c1cn(CC(=O)OC(C)(C)C)c2ccc(Nc3cncnc3)cc12. The molecule has 0 radical (unpaired) electrons. The molecule has 0 bridgehead atoms. The van der Waals surface area contributed by atoms with Crippen molar-refractivity contribution in [3.05, 3.63) is 48.7 Å². The van der Waals surface area contributed by atoms with E-state index >= 15 is 0 Å². The molecule has 7 nitrogen and oxygen atoms in total. The van der Waals surface area contributed by atoms with Crippen LogP contribution in [0.25, 0.3) is 10.9 Å². The predicted molar refractivity (Wildman–Crippen MR) is 103 cm³/mol. The van der Waals surface area contributed by atoms with E-state index in [1.807, 2.05) is 39.0 Å². The van der Waals surface area contributed by atoms with E-state index in [2.05, 4.69) is 15.3 Å². The van der Waals surface area contributed by atoms with Crippen LogP contribution in [0.2, 0.25) is 0 Å². The molecule has 0 aliphatic carbocycles. The van der Waals surface area contributed by atoms with Gasteiger partial charge in [0.15, 0.2) is 5.78 Å². The topological polar surface area (TPSA) is 86.1 Å². The minimum absolute atomic E-state index is 0.0420. The lowest BCUT2D eigenvalue weighted by Crippen LogP contribution is -2.26. The summed E-state index contributed by atoms with van der Waals surface area (Å²) < 4.78 is 7.14. The van der Waals surface area contributed by atoms with Crippen LogP contribution in [0.3, 0.4) is 0 Å². The maximum atomic E-state index is 12.2. The highest BCUT2D eigenvalue weighted by Gasteiger charge is 2.19. The number of ether oxygens (including phenoxy) is 1. The number of nitrogens with one attached hydrogen (secondary N) is 1. The molecule has 0 saturated heterocycles. The molecule has 140 valence electrons. The molecule has 27 heavy (non-hydrogen) atoms. The fourth-order valence-electron chi connectivity index (χ4n) is 2.83. The summed E-state index contributed by atoms with van der Waals surface area (Å²) in [6, 6.07) is 5.63. The summed E-state index contributed by atoms with van der Waals surface area (Å²) in [6.45, 7) is 7.03. The molecule has 0 amide bonds. The number of Topliss-reactive ketones (excluding diaryl/α,β-unsaturated/α-hetero) is 1. The van der Waals surface area contributed by atoms with Crippen LogP contribution in [0, 0.1) is 0 Å². The number of anilines is 2. The van der Waals surface area contributed by atoms with E-state index in [0.717, 1.165) is 22.3 Å². The zero-order valence-electron chi connectivity index (χ0n) is 15.8. The van der Waals surface area contributed by atoms with Crippen LogP contribution in [0.1, 0.15) is 38.1 Å². The Morgan fingerprint density at radius 3 is 2.48 bits per heavy atom. The quantitative estimate of drug-likeness (QED) is 0.547. The Bertz CT molecular complexity index is 988. The van der Waals surface area contributed by atoms with E-state index in [1.54, 1.807) is 23.2 Å². The Balaban J connectivity index is 1.95. The summed E-state index contributed by atoms with van der Waals surface area (Å²) >= 11 is 0. The molecular formula is C20H22N4O3. The number of esters is 1. The lowest BCUT2D eigenvalue weighted by atomic mass is 10.1. The number of fused-ring (bicyclic) bond motifs is 1. The van der Waals surface area contributed by atoms with Crippen LogP contribution in [0.4, 0.5) is 11.4 Å². The third-order valence-corrected chi connectivity index (χ3v) is 3.83. The lowest BCUT2D eigenvalue weighted by Gasteiger charge is -2.19. The zero-order chi connectivity index (χ0) is 19.6. The highest BCUT2D eigenvalue weighted by atomic mass is 16.6. The first kappa shape index (κ1) is 18.6. The predicted octanol–water partition coefficient (Wildman–Crippen LogP) is 3.72. The fraction of sp³-hybridized carbons (Fsp3) is 0.300. The lowest BCUT2D eigenvalue weighted by molar-refractivity contribution is -0.155. The molecule has 3 aromatic rings. The van der Waals surface area contributed by atoms with Gasteiger partial charge in [-0.3, -0.25) is 9.59 Å². The van der Waals surface area contributed by atoms with Gasteiger partial charge in [0, 0.05) is 28.4 Å². The van der Waals surface area contributed by atoms with E-state index in [4.69, 9.17) is 4.74 Å². The molecule has 0 aliphatic rings. The number of nitrogens with zero attached hydrogens (tertiary/aromatic N) is 3. The van der Waals surface area contributed by atoms with E-state index in [0.29, 0.717) is 5.56 Å². The smallest absolute Gasteiger partial charge is 0.326 e. The van der Waals surface area contributed by atoms with Crippen molar-refractivity contribution < 1.29 is 14.3 Å². The third-order valence-electron chi connectivity index (χ3n) is 3.83. The standard InChI is InChI=1S/C20H22N4O3/c1-13(25)17-10-24(11-19(26)27-20(2,3)4)18-6-5-14(7-16(17)18)23-15-8-21-12-22-9-15/h5-10,12,23H,11H2,1-4H3. The molecule has 2 heterocycles. The Kier molecular flexibility index (Phi) is 4.94.